The predicted octanol–water partition coefficient (Wildman–Crippen LogP) is 2.65. The van der Waals surface area contributed by atoms with Gasteiger partial charge in [0, 0.05) is 36.1 Å². The number of anilines is 1. The van der Waals surface area contributed by atoms with Gasteiger partial charge in [0.2, 0.25) is 0 Å². The number of rotatable bonds is 4. The summed E-state index contributed by atoms with van der Waals surface area (Å²) in [6.07, 6.45) is 0. The minimum Gasteiger partial charge on any atom is -0.345 e. The second-order valence-electron chi connectivity index (χ2n) is 5.99. The fourth-order valence-electron chi connectivity index (χ4n) is 2.89. The number of piperazine rings is 1. The van der Waals surface area contributed by atoms with E-state index in [9.17, 15) is 0 Å². The Morgan fingerprint density at radius 2 is 1.95 bits per heavy atom. The Bertz CT molecular complexity index is 433. The smallest absolute Gasteiger partial charge is 0.185 e. The van der Waals surface area contributed by atoms with E-state index < -0.39 is 0 Å². The summed E-state index contributed by atoms with van der Waals surface area (Å²) in [5, 5.41) is 4.68. The van der Waals surface area contributed by atoms with Crippen molar-refractivity contribution >= 4 is 16.5 Å². The van der Waals surface area contributed by atoms with E-state index in [-0.39, 0.29) is 0 Å². The molecule has 3 unspecified atom stereocenters. The first kappa shape index (κ1) is 15.7. The van der Waals surface area contributed by atoms with E-state index in [0.717, 1.165) is 19.6 Å². The summed E-state index contributed by atoms with van der Waals surface area (Å²) in [5.41, 5.74) is 1.18. The number of nitrogens with one attached hydrogen (secondary N) is 1. The van der Waals surface area contributed by atoms with Crippen molar-refractivity contribution in [1.29, 1.82) is 0 Å². The molecule has 0 spiro atoms. The third-order valence-electron chi connectivity index (χ3n) is 4.36. The Morgan fingerprint density at radius 1 is 1.35 bits per heavy atom. The van der Waals surface area contributed by atoms with Crippen molar-refractivity contribution in [2.24, 2.45) is 0 Å². The SMILES string of the molecule is CCNC(C)c1sc(N2CC(C)N(C)C(C)C2)nc1C. The van der Waals surface area contributed by atoms with Crippen LogP contribution in [-0.4, -0.2) is 48.6 Å². The molecule has 1 fully saturated rings. The van der Waals surface area contributed by atoms with Crippen LogP contribution in [0, 0.1) is 6.92 Å². The molecule has 1 aliphatic heterocycles. The van der Waals surface area contributed by atoms with Crippen LogP contribution in [0.4, 0.5) is 5.13 Å². The van der Waals surface area contributed by atoms with E-state index in [0.29, 0.717) is 18.1 Å². The fraction of sp³-hybridized carbons (Fsp3) is 0.800. The summed E-state index contributed by atoms with van der Waals surface area (Å²) in [4.78, 5) is 11.1. The van der Waals surface area contributed by atoms with Crippen LogP contribution in [0.1, 0.15) is 44.3 Å². The van der Waals surface area contributed by atoms with E-state index in [1.165, 1.54) is 15.7 Å². The van der Waals surface area contributed by atoms with Gasteiger partial charge in [-0.05, 0) is 41.3 Å². The van der Waals surface area contributed by atoms with Gasteiger partial charge in [-0.25, -0.2) is 4.98 Å². The Kier molecular flexibility index (Phi) is 5.04. The number of hydrogen-bond acceptors (Lipinski definition) is 5. The van der Waals surface area contributed by atoms with Gasteiger partial charge in [0.25, 0.3) is 0 Å². The highest BCUT2D eigenvalue weighted by Crippen LogP contribution is 2.32. The zero-order valence-electron chi connectivity index (χ0n) is 13.6. The number of likely N-dealkylation sites (N-methyl/N-ethyl adjacent to an activating group) is 1. The largest absolute Gasteiger partial charge is 0.345 e. The first-order valence-corrected chi connectivity index (χ1v) is 8.43. The molecule has 0 aromatic carbocycles. The summed E-state index contributed by atoms with van der Waals surface area (Å²) in [7, 11) is 2.22. The van der Waals surface area contributed by atoms with Gasteiger partial charge in [-0.2, -0.15) is 0 Å². The van der Waals surface area contributed by atoms with Gasteiger partial charge >= 0.3 is 0 Å². The summed E-state index contributed by atoms with van der Waals surface area (Å²) >= 11 is 1.85. The van der Waals surface area contributed by atoms with E-state index in [1.54, 1.807) is 0 Å². The molecule has 0 aliphatic carbocycles. The highest BCUT2D eigenvalue weighted by atomic mass is 32.1. The van der Waals surface area contributed by atoms with Crippen molar-refractivity contribution in [1.82, 2.24) is 15.2 Å². The minimum atomic E-state index is 0.397. The van der Waals surface area contributed by atoms with Gasteiger partial charge < -0.3 is 10.2 Å². The second-order valence-corrected chi connectivity index (χ2v) is 7.00. The summed E-state index contributed by atoms with van der Waals surface area (Å²) < 4.78 is 0. The molecule has 1 saturated heterocycles. The zero-order valence-corrected chi connectivity index (χ0v) is 14.4. The number of thiazole rings is 1. The maximum absolute atomic E-state index is 4.82. The van der Waals surface area contributed by atoms with Crippen molar-refractivity contribution in [3.05, 3.63) is 10.6 Å². The number of aryl methyl sites for hydroxylation is 1. The Morgan fingerprint density at radius 3 is 2.50 bits per heavy atom. The number of hydrogen-bond donors (Lipinski definition) is 1. The zero-order chi connectivity index (χ0) is 14.9. The lowest BCUT2D eigenvalue weighted by atomic mass is 10.1. The van der Waals surface area contributed by atoms with Crippen molar-refractivity contribution < 1.29 is 0 Å². The minimum absolute atomic E-state index is 0.397. The van der Waals surface area contributed by atoms with Crippen LogP contribution in [0.2, 0.25) is 0 Å². The first-order chi connectivity index (χ1) is 9.43. The molecule has 4 nitrogen and oxygen atoms in total. The van der Waals surface area contributed by atoms with Crippen molar-refractivity contribution in [3.63, 3.8) is 0 Å². The monoisotopic (exact) mass is 296 g/mol. The van der Waals surface area contributed by atoms with Crippen LogP contribution < -0.4 is 10.2 Å². The molecule has 0 amide bonds. The highest BCUT2D eigenvalue weighted by Gasteiger charge is 2.28. The van der Waals surface area contributed by atoms with Crippen LogP contribution in [0.3, 0.4) is 0 Å². The molecule has 0 bridgehead atoms. The van der Waals surface area contributed by atoms with Crippen LogP contribution in [-0.2, 0) is 0 Å². The molecule has 5 heteroatoms. The fourth-order valence-corrected chi connectivity index (χ4v) is 4.00. The molecular weight excluding hydrogens is 268 g/mol. The van der Waals surface area contributed by atoms with Crippen LogP contribution in [0.25, 0.3) is 0 Å². The maximum Gasteiger partial charge on any atom is 0.185 e. The van der Waals surface area contributed by atoms with Gasteiger partial charge in [-0.3, -0.25) is 4.90 Å². The van der Waals surface area contributed by atoms with Crippen molar-refractivity contribution in [3.8, 4) is 0 Å². The first-order valence-electron chi connectivity index (χ1n) is 7.61. The molecule has 2 heterocycles. The van der Waals surface area contributed by atoms with Gasteiger partial charge in [0.15, 0.2) is 5.13 Å². The second kappa shape index (κ2) is 6.41. The molecule has 0 saturated carbocycles. The summed E-state index contributed by atoms with van der Waals surface area (Å²) in [5.74, 6) is 0. The van der Waals surface area contributed by atoms with Crippen LogP contribution >= 0.6 is 11.3 Å². The molecule has 1 aromatic heterocycles. The Balaban J connectivity index is 2.15. The quantitative estimate of drug-likeness (QED) is 0.925. The lowest BCUT2D eigenvalue weighted by Gasteiger charge is -2.42. The third kappa shape index (κ3) is 3.15. The van der Waals surface area contributed by atoms with Crippen LogP contribution in [0.15, 0.2) is 0 Å². The normalized spacial score (nSPS) is 26.0. The molecule has 114 valence electrons. The molecule has 1 aliphatic rings. The maximum atomic E-state index is 4.82. The molecular formula is C15H28N4S. The van der Waals surface area contributed by atoms with Gasteiger partial charge in [-0.15, -0.1) is 11.3 Å². The molecule has 1 aromatic rings. The van der Waals surface area contributed by atoms with Crippen molar-refractivity contribution in [2.75, 3.05) is 31.6 Å². The van der Waals surface area contributed by atoms with Gasteiger partial charge in [-0.1, -0.05) is 6.92 Å². The van der Waals surface area contributed by atoms with E-state index in [2.05, 4.69) is 56.8 Å². The number of nitrogens with zero attached hydrogens (tertiary/aromatic N) is 3. The lowest BCUT2D eigenvalue weighted by molar-refractivity contribution is 0.170. The van der Waals surface area contributed by atoms with E-state index in [1.807, 2.05) is 11.3 Å². The predicted molar refractivity (Wildman–Crippen MR) is 87.8 cm³/mol. The Labute approximate surface area is 127 Å². The van der Waals surface area contributed by atoms with E-state index in [4.69, 9.17) is 4.98 Å². The van der Waals surface area contributed by atoms with Gasteiger partial charge in [0.05, 0.1) is 5.69 Å². The third-order valence-corrected chi connectivity index (χ3v) is 5.76. The molecule has 0 radical (unpaired) electrons. The molecule has 1 N–H and O–H groups in total. The average molecular weight is 296 g/mol. The average Bonchev–Trinajstić information content (AvgIpc) is 2.78. The Hall–Kier alpha value is -0.650. The van der Waals surface area contributed by atoms with Crippen molar-refractivity contribution in [2.45, 2.75) is 52.7 Å². The lowest BCUT2D eigenvalue weighted by Crippen LogP contribution is -2.55. The highest BCUT2D eigenvalue weighted by molar-refractivity contribution is 7.15. The molecule has 3 atom stereocenters. The summed E-state index contributed by atoms with van der Waals surface area (Å²) in [6.45, 7) is 14.2. The number of aromatic nitrogens is 1. The molecule has 20 heavy (non-hydrogen) atoms. The topological polar surface area (TPSA) is 31.4 Å². The van der Waals surface area contributed by atoms with Crippen LogP contribution in [0.5, 0.6) is 0 Å². The summed E-state index contributed by atoms with van der Waals surface area (Å²) in [6, 6.07) is 1.56. The van der Waals surface area contributed by atoms with E-state index >= 15 is 0 Å². The molecule has 2 rings (SSSR count). The van der Waals surface area contributed by atoms with Gasteiger partial charge in [0.1, 0.15) is 0 Å². The standard InChI is InChI=1S/C15H28N4S/c1-7-16-12(4)14-13(5)17-15(20-14)19-8-10(2)18(6)11(3)9-19/h10-12,16H,7-9H2,1-6H3.